The molecule has 1 aromatic rings. The van der Waals surface area contributed by atoms with Gasteiger partial charge in [-0.2, -0.15) is 11.8 Å². The number of rotatable bonds is 4. The molecule has 0 radical (unpaired) electrons. The Morgan fingerprint density at radius 2 is 2.41 bits per heavy atom. The van der Waals surface area contributed by atoms with Crippen molar-refractivity contribution in [3.63, 3.8) is 0 Å². The smallest absolute Gasteiger partial charge is 0.375 e. The number of thioether (sulfide) groups is 1. The average molecular weight is 253 g/mol. The Balaban J connectivity index is 2.06. The van der Waals surface area contributed by atoms with Crippen LogP contribution in [-0.4, -0.2) is 27.5 Å². The van der Waals surface area contributed by atoms with Crippen LogP contribution < -0.4 is 5.32 Å². The summed E-state index contributed by atoms with van der Waals surface area (Å²) in [5, 5.41) is 14.7. The van der Waals surface area contributed by atoms with E-state index in [1.807, 2.05) is 11.8 Å². The molecule has 1 N–H and O–H groups in total. The summed E-state index contributed by atoms with van der Waals surface area (Å²) in [6.07, 6.45) is 6.86. The van der Waals surface area contributed by atoms with E-state index >= 15 is 0 Å². The summed E-state index contributed by atoms with van der Waals surface area (Å²) >= 11 is 1.87. The third kappa shape index (κ3) is 2.88. The Labute approximate surface area is 104 Å². The van der Waals surface area contributed by atoms with Crippen LogP contribution in [0.25, 0.3) is 0 Å². The minimum absolute atomic E-state index is 0.0832. The lowest BCUT2D eigenvalue weighted by molar-refractivity contribution is -0.388. The Kier molecular flexibility index (Phi) is 3.83. The van der Waals surface area contributed by atoms with E-state index in [0.29, 0.717) is 17.0 Å². The number of hydrogen-bond acceptors (Lipinski definition) is 5. The fourth-order valence-corrected chi connectivity index (χ4v) is 2.96. The molecule has 0 saturated heterocycles. The molecule has 1 aliphatic rings. The van der Waals surface area contributed by atoms with Crippen LogP contribution in [0.15, 0.2) is 18.3 Å². The second-order valence-electron chi connectivity index (χ2n) is 4.14. The van der Waals surface area contributed by atoms with E-state index in [1.54, 1.807) is 12.1 Å². The molecule has 1 aromatic heterocycles. The first-order valence-corrected chi connectivity index (χ1v) is 6.88. The summed E-state index contributed by atoms with van der Waals surface area (Å²) in [5.74, 6) is -0.0832. The fourth-order valence-electron chi connectivity index (χ4n) is 2.16. The number of nitro groups is 1. The first-order chi connectivity index (χ1) is 8.20. The van der Waals surface area contributed by atoms with Gasteiger partial charge in [0.2, 0.25) is 0 Å². The molecule has 1 fully saturated rings. The summed E-state index contributed by atoms with van der Waals surface area (Å²) in [6, 6.07) is 3.77. The van der Waals surface area contributed by atoms with E-state index < -0.39 is 4.92 Å². The third-order valence-electron chi connectivity index (χ3n) is 3.04. The van der Waals surface area contributed by atoms with E-state index in [2.05, 4.69) is 16.6 Å². The van der Waals surface area contributed by atoms with Crippen molar-refractivity contribution in [2.45, 2.75) is 30.6 Å². The Morgan fingerprint density at radius 1 is 1.59 bits per heavy atom. The lowest BCUT2D eigenvalue weighted by Gasteiger charge is -2.13. The van der Waals surface area contributed by atoms with Crippen molar-refractivity contribution in [2.75, 3.05) is 11.6 Å². The van der Waals surface area contributed by atoms with Gasteiger partial charge >= 0.3 is 5.82 Å². The van der Waals surface area contributed by atoms with Gasteiger partial charge in [-0.05, 0) is 47.6 Å². The molecule has 0 amide bonds. The Morgan fingerprint density at radius 3 is 3.06 bits per heavy atom. The molecule has 2 atom stereocenters. The number of hydrogen-bond donors (Lipinski definition) is 1. The van der Waals surface area contributed by atoms with Crippen LogP contribution in [0, 0.1) is 10.1 Å². The van der Waals surface area contributed by atoms with Gasteiger partial charge in [-0.1, -0.05) is 0 Å². The van der Waals surface area contributed by atoms with Crippen molar-refractivity contribution in [1.82, 2.24) is 4.98 Å². The minimum Gasteiger partial charge on any atom is -0.375 e. The molecule has 0 bridgehead atoms. The van der Waals surface area contributed by atoms with Gasteiger partial charge in [0, 0.05) is 11.3 Å². The fraction of sp³-hybridized carbons (Fsp3) is 0.545. The molecule has 6 heteroatoms. The van der Waals surface area contributed by atoms with Crippen LogP contribution in [0.2, 0.25) is 0 Å². The van der Waals surface area contributed by atoms with Crippen molar-refractivity contribution in [3.8, 4) is 0 Å². The molecule has 0 aliphatic heterocycles. The Hall–Kier alpha value is -1.30. The highest BCUT2D eigenvalue weighted by Gasteiger charge is 2.26. The van der Waals surface area contributed by atoms with Crippen molar-refractivity contribution in [3.05, 3.63) is 28.4 Å². The van der Waals surface area contributed by atoms with Crippen LogP contribution >= 0.6 is 11.8 Å². The van der Waals surface area contributed by atoms with Crippen LogP contribution in [-0.2, 0) is 0 Å². The molecule has 0 spiro atoms. The monoisotopic (exact) mass is 253 g/mol. The molecule has 2 unspecified atom stereocenters. The summed E-state index contributed by atoms with van der Waals surface area (Å²) in [5.41, 5.74) is 0.532. The topological polar surface area (TPSA) is 68.1 Å². The number of aromatic nitrogens is 1. The van der Waals surface area contributed by atoms with Crippen molar-refractivity contribution < 1.29 is 4.92 Å². The molecule has 1 aliphatic carbocycles. The molecule has 5 nitrogen and oxygen atoms in total. The normalized spacial score (nSPS) is 23.6. The quantitative estimate of drug-likeness (QED) is 0.660. The van der Waals surface area contributed by atoms with E-state index in [9.17, 15) is 10.1 Å². The molecule has 2 rings (SSSR count). The summed E-state index contributed by atoms with van der Waals surface area (Å²) in [7, 11) is 0. The maximum absolute atomic E-state index is 10.8. The second kappa shape index (κ2) is 5.35. The minimum atomic E-state index is -0.441. The van der Waals surface area contributed by atoms with Gasteiger partial charge < -0.3 is 15.4 Å². The zero-order valence-electron chi connectivity index (χ0n) is 9.63. The zero-order valence-corrected chi connectivity index (χ0v) is 10.4. The SMILES string of the molecule is CSC1CCC(Nc2cccnc2[N+](=O)[O-])C1. The Bertz CT molecular complexity index is 413. The number of nitrogens with zero attached hydrogens (tertiary/aromatic N) is 2. The number of pyridine rings is 1. The van der Waals surface area contributed by atoms with Gasteiger partial charge in [-0.15, -0.1) is 0 Å². The van der Waals surface area contributed by atoms with E-state index in [0.717, 1.165) is 12.8 Å². The van der Waals surface area contributed by atoms with Gasteiger partial charge in [0.1, 0.15) is 11.9 Å². The molecule has 92 valence electrons. The van der Waals surface area contributed by atoms with Crippen molar-refractivity contribution >= 4 is 23.3 Å². The van der Waals surface area contributed by atoms with E-state index in [-0.39, 0.29) is 5.82 Å². The maximum atomic E-state index is 10.8. The molecular weight excluding hydrogens is 238 g/mol. The number of anilines is 1. The maximum Gasteiger partial charge on any atom is 0.386 e. The summed E-state index contributed by atoms with van der Waals surface area (Å²) < 4.78 is 0. The standard InChI is InChI=1S/C11H15N3O2S/c1-17-9-5-4-8(7-9)13-10-3-2-6-12-11(10)14(15)16/h2-3,6,8-9,13H,4-5,7H2,1H3. The van der Waals surface area contributed by atoms with Crippen molar-refractivity contribution in [2.24, 2.45) is 0 Å². The van der Waals surface area contributed by atoms with E-state index in [4.69, 9.17) is 0 Å². The second-order valence-corrected chi connectivity index (χ2v) is 5.28. The lowest BCUT2D eigenvalue weighted by atomic mass is 10.2. The molecule has 17 heavy (non-hydrogen) atoms. The lowest BCUT2D eigenvalue weighted by Crippen LogP contribution is -2.17. The summed E-state index contributed by atoms with van der Waals surface area (Å²) in [4.78, 5) is 14.2. The largest absolute Gasteiger partial charge is 0.386 e. The molecule has 1 heterocycles. The molecule has 0 aromatic carbocycles. The van der Waals surface area contributed by atoms with Gasteiger partial charge in [0.15, 0.2) is 0 Å². The van der Waals surface area contributed by atoms with Crippen molar-refractivity contribution in [1.29, 1.82) is 0 Å². The predicted octanol–water partition coefficient (Wildman–Crippen LogP) is 2.69. The predicted molar refractivity (Wildman–Crippen MR) is 69.5 cm³/mol. The highest BCUT2D eigenvalue weighted by molar-refractivity contribution is 7.99. The van der Waals surface area contributed by atoms with Gasteiger partial charge in [-0.3, -0.25) is 0 Å². The van der Waals surface area contributed by atoms with Crippen LogP contribution in [0.4, 0.5) is 11.5 Å². The van der Waals surface area contributed by atoms with Crippen LogP contribution in [0.5, 0.6) is 0 Å². The first kappa shape index (κ1) is 12.2. The molecule has 1 saturated carbocycles. The summed E-state index contributed by atoms with van der Waals surface area (Å²) in [6.45, 7) is 0. The number of nitrogens with one attached hydrogen (secondary N) is 1. The highest BCUT2D eigenvalue weighted by Crippen LogP contribution is 2.31. The van der Waals surface area contributed by atoms with E-state index in [1.165, 1.54) is 12.6 Å². The van der Waals surface area contributed by atoms with Crippen LogP contribution in [0.3, 0.4) is 0 Å². The van der Waals surface area contributed by atoms with Gasteiger partial charge in [0.25, 0.3) is 0 Å². The highest BCUT2D eigenvalue weighted by atomic mass is 32.2. The van der Waals surface area contributed by atoms with Gasteiger partial charge in [-0.25, -0.2) is 0 Å². The van der Waals surface area contributed by atoms with Crippen LogP contribution in [0.1, 0.15) is 19.3 Å². The molecular formula is C11H15N3O2S. The first-order valence-electron chi connectivity index (χ1n) is 5.59. The average Bonchev–Trinajstić information content (AvgIpc) is 2.77. The van der Waals surface area contributed by atoms with Gasteiger partial charge in [0.05, 0.1) is 0 Å². The third-order valence-corrected chi connectivity index (χ3v) is 4.13. The zero-order chi connectivity index (χ0) is 12.3.